The van der Waals surface area contributed by atoms with Crippen LogP contribution in [0, 0.1) is 0 Å². The van der Waals surface area contributed by atoms with Gasteiger partial charge in [0.15, 0.2) is 0 Å². The third kappa shape index (κ3) is 3.92. The van der Waals surface area contributed by atoms with Crippen LogP contribution in [0.5, 0.6) is 11.5 Å². The van der Waals surface area contributed by atoms with Gasteiger partial charge in [0.2, 0.25) is 0 Å². The second kappa shape index (κ2) is 7.04. The van der Waals surface area contributed by atoms with Crippen molar-refractivity contribution in [3.8, 4) is 11.5 Å². The molecule has 0 bridgehead atoms. The number of halogens is 2. The van der Waals surface area contributed by atoms with Crippen molar-refractivity contribution in [2.45, 2.75) is 19.6 Å². The first-order chi connectivity index (χ1) is 10.1. The van der Waals surface area contributed by atoms with Gasteiger partial charge < -0.3 is 15.2 Å². The van der Waals surface area contributed by atoms with Crippen molar-refractivity contribution in [2.75, 3.05) is 6.61 Å². The number of para-hydroxylation sites is 1. The molecular weight excluding hydrogens is 276 g/mol. The Morgan fingerprint density at radius 2 is 1.71 bits per heavy atom. The Kier molecular flexibility index (Phi) is 5.11. The largest absolute Gasteiger partial charge is 0.494 e. The normalized spacial score (nSPS) is 12.2. The van der Waals surface area contributed by atoms with Gasteiger partial charge in [-0.25, -0.2) is 0 Å². The highest BCUT2D eigenvalue weighted by Gasteiger charge is 2.14. The average molecular weight is 293 g/mol. The van der Waals surface area contributed by atoms with Crippen LogP contribution >= 0.6 is 0 Å². The molecule has 2 aromatic carbocycles. The van der Waals surface area contributed by atoms with Crippen molar-refractivity contribution in [1.29, 1.82) is 0 Å². The van der Waals surface area contributed by atoms with E-state index in [4.69, 9.17) is 10.5 Å². The molecule has 0 aliphatic heterocycles. The summed E-state index contributed by atoms with van der Waals surface area (Å²) in [7, 11) is 0. The van der Waals surface area contributed by atoms with Crippen LogP contribution < -0.4 is 15.2 Å². The van der Waals surface area contributed by atoms with Gasteiger partial charge in [0.05, 0.1) is 12.6 Å². The molecule has 21 heavy (non-hydrogen) atoms. The van der Waals surface area contributed by atoms with Crippen molar-refractivity contribution < 1.29 is 18.3 Å². The van der Waals surface area contributed by atoms with Gasteiger partial charge in [-0.2, -0.15) is 8.78 Å². The zero-order chi connectivity index (χ0) is 15.2. The summed E-state index contributed by atoms with van der Waals surface area (Å²) in [4.78, 5) is 0. The molecule has 0 aliphatic carbocycles. The summed E-state index contributed by atoms with van der Waals surface area (Å²) in [5.74, 6) is 0.833. The van der Waals surface area contributed by atoms with Crippen LogP contribution in [0.3, 0.4) is 0 Å². The van der Waals surface area contributed by atoms with E-state index in [9.17, 15) is 8.78 Å². The lowest BCUT2D eigenvalue weighted by molar-refractivity contribution is -0.0498. The van der Waals surface area contributed by atoms with Crippen LogP contribution in [-0.2, 0) is 0 Å². The molecule has 0 spiro atoms. The topological polar surface area (TPSA) is 44.5 Å². The van der Waals surface area contributed by atoms with Gasteiger partial charge in [0.1, 0.15) is 11.5 Å². The molecule has 1 atom stereocenters. The quantitative estimate of drug-likeness (QED) is 0.882. The van der Waals surface area contributed by atoms with E-state index >= 15 is 0 Å². The number of benzene rings is 2. The molecule has 1 unspecified atom stereocenters. The summed E-state index contributed by atoms with van der Waals surface area (Å²) in [6.07, 6.45) is 0. The molecule has 0 saturated heterocycles. The molecule has 0 radical (unpaired) electrons. The number of nitrogens with two attached hydrogens (primary N) is 1. The van der Waals surface area contributed by atoms with Crippen molar-refractivity contribution in [1.82, 2.24) is 0 Å². The summed E-state index contributed by atoms with van der Waals surface area (Å²) in [6, 6.07) is 13.4. The minimum atomic E-state index is -2.83. The zero-order valence-corrected chi connectivity index (χ0v) is 11.6. The van der Waals surface area contributed by atoms with Crippen molar-refractivity contribution in [2.24, 2.45) is 5.73 Å². The molecule has 0 fully saturated rings. The predicted octanol–water partition coefficient (Wildman–Crippen LogP) is 3.73. The zero-order valence-electron chi connectivity index (χ0n) is 11.6. The van der Waals surface area contributed by atoms with E-state index in [0.29, 0.717) is 6.61 Å². The van der Waals surface area contributed by atoms with Gasteiger partial charge in [-0.05, 0) is 30.7 Å². The maximum absolute atomic E-state index is 12.1. The minimum Gasteiger partial charge on any atom is -0.494 e. The first-order valence-electron chi connectivity index (χ1n) is 6.64. The molecule has 0 aromatic heterocycles. The molecule has 5 heteroatoms. The predicted molar refractivity (Wildman–Crippen MR) is 76.7 cm³/mol. The fourth-order valence-electron chi connectivity index (χ4n) is 2.06. The first kappa shape index (κ1) is 15.3. The van der Waals surface area contributed by atoms with E-state index < -0.39 is 12.7 Å². The van der Waals surface area contributed by atoms with Crippen LogP contribution in [0.4, 0.5) is 8.78 Å². The molecule has 0 aliphatic rings. The smallest absolute Gasteiger partial charge is 0.387 e. The Bertz CT molecular complexity index is 573. The Hall–Kier alpha value is -2.14. The highest BCUT2D eigenvalue weighted by atomic mass is 19.3. The van der Waals surface area contributed by atoms with Crippen molar-refractivity contribution in [3.05, 3.63) is 59.7 Å². The Balaban J connectivity index is 2.21. The van der Waals surface area contributed by atoms with Crippen LogP contribution in [0.2, 0.25) is 0 Å². The van der Waals surface area contributed by atoms with Gasteiger partial charge >= 0.3 is 6.61 Å². The Labute approximate surface area is 122 Å². The van der Waals surface area contributed by atoms with E-state index in [0.717, 1.165) is 16.9 Å². The number of hydrogen-bond acceptors (Lipinski definition) is 3. The second-order valence-corrected chi connectivity index (χ2v) is 4.40. The summed E-state index contributed by atoms with van der Waals surface area (Å²) in [5.41, 5.74) is 7.87. The molecule has 0 saturated carbocycles. The lowest BCUT2D eigenvalue weighted by Gasteiger charge is -2.17. The van der Waals surface area contributed by atoms with Gasteiger partial charge in [-0.15, -0.1) is 0 Å². The van der Waals surface area contributed by atoms with E-state index in [2.05, 4.69) is 4.74 Å². The molecule has 112 valence electrons. The lowest BCUT2D eigenvalue weighted by Crippen LogP contribution is -2.13. The lowest BCUT2D eigenvalue weighted by atomic mass is 9.99. The summed E-state index contributed by atoms with van der Waals surface area (Å²) >= 11 is 0. The first-order valence-corrected chi connectivity index (χ1v) is 6.64. The highest BCUT2D eigenvalue weighted by Crippen LogP contribution is 2.29. The van der Waals surface area contributed by atoms with Gasteiger partial charge in [-0.3, -0.25) is 0 Å². The molecular formula is C16H17F2NO2. The molecule has 0 heterocycles. The van der Waals surface area contributed by atoms with E-state index in [1.54, 1.807) is 12.1 Å². The minimum absolute atomic E-state index is 0.110. The molecule has 2 N–H and O–H groups in total. The molecule has 2 rings (SSSR count). The maximum atomic E-state index is 12.1. The summed E-state index contributed by atoms with van der Waals surface area (Å²) in [5, 5.41) is 0. The number of alkyl halides is 2. The molecule has 2 aromatic rings. The summed E-state index contributed by atoms with van der Waals surface area (Å²) < 4.78 is 34.1. The second-order valence-electron chi connectivity index (χ2n) is 4.40. The van der Waals surface area contributed by atoms with Gasteiger partial charge in [0, 0.05) is 5.56 Å². The Morgan fingerprint density at radius 1 is 1.05 bits per heavy atom. The molecule has 3 nitrogen and oxygen atoms in total. The number of rotatable bonds is 6. The highest BCUT2D eigenvalue weighted by molar-refractivity contribution is 5.42. The third-order valence-corrected chi connectivity index (χ3v) is 3.02. The fourth-order valence-corrected chi connectivity index (χ4v) is 2.06. The van der Waals surface area contributed by atoms with Crippen molar-refractivity contribution in [3.63, 3.8) is 0 Å². The maximum Gasteiger partial charge on any atom is 0.387 e. The SMILES string of the molecule is CCOc1ccccc1C(N)c1ccc(OC(F)F)cc1. The monoisotopic (exact) mass is 293 g/mol. The van der Waals surface area contributed by atoms with Crippen LogP contribution in [-0.4, -0.2) is 13.2 Å². The van der Waals surface area contributed by atoms with Crippen LogP contribution in [0.15, 0.2) is 48.5 Å². The van der Waals surface area contributed by atoms with Crippen LogP contribution in [0.25, 0.3) is 0 Å². The van der Waals surface area contributed by atoms with Crippen molar-refractivity contribution >= 4 is 0 Å². The number of ether oxygens (including phenoxy) is 2. The van der Waals surface area contributed by atoms with Gasteiger partial charge in [0.25, 0.3) is 0 Å². The number of hydrogen-bond donors (Lipinski definition) is 1. The summed E-state index contributed by atoms with van der Waals surface area (Å²) in [6.45, 7) is -0.382. The Morgan fingerprint density at radius 3 is 2.33 bits per heavy atom. The average Bonchev–Trinajstić information content (AvgIpc) is 2.48. The van der Waals surface area contributed by atoms with E-state index in [1.165, 1.54) is 12.1 Å². The third-order valence-electron chi connectivity index (χ3n) is 3.02. The standard InChI is InChI=1S/C16H17F2NO2/c1-2-20-14-6-4-3-5-13(14)15(19)11-7-9-12(10-8-11)21-16(17)18/h3-10,15-16H,2,19H2,1H3. The van der Waals surface area contributed by atoms with Crippen LogP contribution in [0.1, 0.15) is 24.1 Å². The van der Waals surface area contributed by atoms with E-state index in [-0.39, 0.29) is 5.75 Å². The fraction of sp³-hybridized carbons (Fsp3) is 0.250. The molecule has 0 amide bonds. The van der Waals surface area contributed by atoms with Gasteiger partial charge in [-0.1, -0.05) is 30.3 Å². The van der Waals surface area contributed by atoms with E-state index in [1.807, 2.05) is 31.2 Å².